The van der Waals surface area contributed by atoms with Crippen molar-refractivity contribution in [1.82, 2.24) is 15.0 Å². The molecule has 1 fully saturated rings. The number of benzene rings is 2. The van der Waals surface area contributed by atoms with Crippen molar-refractivity contribution < 1.29 is 9.32 Å². The Labute approximate surface area is 168 Å². The summed E-state index contributed by atoms with van der Waals surface area (Å²) < 4.78 is 5.50. The Kier molecular flexibility index (Phi) is 5.30. The fraction of sp³-hybridized carbons (Fsp3) is 0.286. The number of aryl methyl sites for hydroxylation is 1. The standard InChI is InChI=1S/C21H21ClN4O2/c1-14-7-9-18(10-8-14)23-21(27)26-11-3-5-16(13-26)20-24-19(25-28-20)15-4-2-6-17(22)12-15/h2,4,6-10,12,16H,3,5,11,13H2,1H3,(H,23,27). The molecule has 1 atom stereocenters. The van der Waals surface area contributed by atoms with Gasteiger partial charge in [0.15, 0.2) is 0 Å². The van der Waals surface area contributed by atoms with E-state index >= 15 is 0 Å². The SMILES string of the molecule is Cc1ccc(NC(=O)N2CCCC(c3nc(-c4cccc(Cl)c4)no3)C2)cc1. The number of piperidine rings is 1. The van der Waals surface area contributed by atoms with Crippen LogP contribution >= 0.6 is 11.6 Å². The third-order valence-corrected chi connectivity index (χ3v) is 5.12. The van der Waals surface area contributed by atoms with Crippen molar-refractivity contribution in [2.24, 2.45) is 0 Å². The van der Waals surface area contributed by atoms with Gasteiger partial charge in [0.2, 0.25) is 11.7 Å². The Balaban J connectivity index is 1.43. The molecule has 4 rings (SSSR count). The molecule has 1 N–H and O–H groups in total. The lowest BCUT2D eigenvalue weighted by molar-refractivity contribution is 0.184. The quantitative estimate of drug-likeness (QED) is 0.667. The summed E-state index contributed by atoms with van der Waals surface area (Å²) in [4.78, 5) is 19.0. The molecule has 144 valence electrons. The maximum absolute atomic E-state index is 12.6. The highest BCUT2D eigenvalue weighted by atomic mass is 35.5. The predicted molar refractivity (Wildman–Crippen MR) is 108 cm³/mol. The molecule has 6 nitrogen and oxygen atoms in total. The average molecular weight is 397 g/mol. The zero-order valence-corrected chi connectivity index (χ0v) is 16.3. The summed E-state index contributed by atoms with van der Waals surface area (Å²) in [6.07, 6.45) is 1.80. The van der Waals surface area contributed by atoms with Crippen LogP contribution in [0.1, 0.15) is 30.2 Å². The fourth-order valence-corrected chi connectivity index (χ4v) is 3.54. The van der Waals surface area contributed by atoms with Gasteiger partial charge in [0.05, 0.1) is 5.92 Å². The van der Waals surface area contributed by atoms with E-state index in [1.54, 1.807) is 17.0 Å². The third-order valence-electron chi connectivity index (χ3n) is 4.89. The summed E-state index contributed by atoms with van der Waals surface area (Å²) in [5, 5.41) is 7.66. The lowest BCUT2D eigenvalue weighted by Gasteiger charge is -2.31. The molecule has 2 amide bonds. The van der Waals surface area contributed by atoms with E-state index in [2.05, 4.69) is 15.5 Å². The number of carbonyl (C=O) groups is 1. The number of aromatic nitrogens is 2. The van der Waals surface area contributed by atoms with E-state index in [9.17, 15) is 4.79 Å². The van der Waals surface area contributed by atoms with Crippen molar-refractivity contribution >= 4 is 23.3 Å². The van der Waals surface area contributed by atoms with Crippen LogP contribution in [0.25, 0.3) is 11.4 Å². The first-order chi connectivity index (χ1) is 13.6. The van der Waals surface area contributed by atoms with Crippen LogP contribution in [0, 0.1) is 6.92 Å². The molecule has 2 heterocycles. The molecule has 0 radical (unpaired) electrons. The Morgan fingerprint density at radius 1 is 1.25 bits per heavy atom. The van der Waals surface area contributed by atoms with E-state index in [0.29, 0.717) is 29.8 Å². The molecular formula is C21H21ClN4O2. The molecule has 3 aromatic rings. The van der Waals surface area contributed by atoms with Gasteiger partial charge >= 0.3 is 6.03 Å². The summed E-state index contributed by atoms with van der Waals surface area (Å²) in [7, 11) is 0. The van der Waals surface area contributed by atoms with Crippen LogP contribution < -0.4 is 5.32 Å². The molecule has 0 spiro atoms. The van der Waals surface area contributed by atoms with Crippen molar-refractivity contribution in [2.75, 3.05) is 18.4 Å². The normalized spacial score (nSPS) is 16.8. The zero-order chi connectivity index (χ0) is 19.5. The van der Waals surface area contributed by atoms with Crippen LogP contribution in [0.4, 0.5) is 10.5 Å². The van der Waals surface area contributed by atoms with Gasteiger partial charge in [0, 0.05) is 29.4 Å². The van der Waals surface area contributed by atoms with E-state index in [-0.39, 0.29) is 11.9 Å². The van der Waals surface area contributed by atoms with Crippen LogP contribution in [-0.2, 0) is 0 Å². The van der Waals surface area contributed by atoms with E-state index < -0.39 is 0 Å². The minimum Gasteiger partial charge on any atom is -0.339 e. The number of anilines is 1. The zero-order valence-electron chi connectivity index (χ0n) is 15.6. The van der Waals surface area contributed by atoms with Gasteiger partial charge in [-0.15, -0.1) is 0 Å². The van der Waals surface area contributed by atoms with Crippen LogP contribution in [0.3, 0.4) is 0 Å². The second kappa shape index (κ2) is 8.02. The second-order valence-electron chi connectivity index (χ2n) is 7.05. The Hall–Kier alpha value is -2.86. The molecule has 0 bridgehead atoms. The topological polar surface area (TPSA) is 71.3 Å². The molecule has 1 aliphatic rings. The molecule has 1 aromatic heterocycles. The maximum atomic E-state index is 12.6. The molecule has 0 aliphatic carbocycles. The smallest absolute Gasteiger partial charge is 0.321 e. The van der Waals surface area contributed by atoms with Gasteiger partial charge in [-0.3, -0.25) is 0 Å². The van der Waals surface area contributed by atoms with Crippen molar-refractivity contribution in [3.8, 4) is 11.4 Å². The van der Waals surface area contributed by atoms with E-state index in [4.69, 9.17) is 16.1 Å². The number of likely N-dealkylation sites (tertiary alicyclic amines) is 1. The number of amides is 2. The molecule has 28 heavy (non-hydrogen) atoms. The summed E-state index contributed by atoms with van der Waals surface area (Å²) in [5.41, 5.74) is 2.76. The molecular weight excluding hydrogens is 376 g/mol. The van der Waals surface area contributed by atoms with Crippen molar-refractivity contribution in [3.05, 3.63) is 65.0 Å². The number of urea groups is 1. The molecule has 0 saturated carbocycles. The second-order valence-corrected chi connectivity index (χ2v) is 7.48. The molecule has 1 saturated heterocycles. The predicted octanol–water partition coefficient (Wildman–Crippen LogP) is 5.11. The average Bonchev–Trinajstić information content (AvgIpc) is 3.20. The van der Waals surface area contributed by atoms with Gasteiger partial charge in [-0.1, -0.05) is 46.6 Å². The van der Waals surface area contributed by atoms with Gasteiger partial charge in [-0.2, -0.15) is 4.98 Å². The molecule has 1 unspecified atom stereocenters. The number of hydrogen-bond acceptors (Lipinski definition) is 4. The minimum atomic E-state index is -0.108. The highest BCUT2D eigenvalue weighted by Gasteiger charge is 2.28. The number of halogens is 1. The largest absolute Gasteiger partial charge is 0.339 e. The minimum absolute atomic E-state index is 0.0259. The van der Waals surface area contributed by atoms with Crippen LogP contribution in [0.5, 0.6) is 0 Å². The lowest BCUT2D eigenvalue weighted by atomic mass is 9.98. The molecule has 2 aromatic carbocycles. The number of carbonyl (C=O) groups excluding carboxylic acids is 1. The number of hydrogen-bond donors (Lipinski definition) is 1. The van der Waals surface area contributed by atoms with Crippen LogP contribution in [0.15, 0.2) is 53.1 Å². The summed E-state index contributed by atoms with van der Waals surface area (Å²) in [6.45, 7) is 3.28. The number of nitrogens with one attached hydrogen (secondary N) is 1. The Morgan fingerprint density at radius 2 is 2.07 bits per heavy atom. The first-order valence-corrected chi connectivity index (χ1v) is 9.68. The number of nitrogens with zero attached hydrogens (tertiary/aromatic N) is 3. The van der Waals surface area contributed by atoms with Crippen molar-refractivity contribution in [3.63, 3.8) is 0 Å². The Bertz CT molecular complexity index is 971. The highest BCUT2D eigenvalue weighted by molar-refractivity contribution is 6.30. The van der Waals surface area contributed by atoms with Gasteiger partial charge in [-0.05, 0) is 44.0 Å². The van der Waals surface area contributed by atoms with E-state index in [1.165, 1.54) is 0 Å². The van der Waals surface area contributed by atoms with E-state index in [0.717, 1.165) is 29.7 Å². The van der Waals surface area contributed by atoms with Crippen molar-refractivity contribution in [1.29, 1.82) is 0 Å². The van der Waals surface area contributed by atoms with Crippen LogP contribution in [-0.4, -0.2) is 34.2 Å². The van der Waals surface area contributed by atoms with Gasteiger partial charge < -0.3 is 14.7 Å². The monoisotopic (exact) mass is 396 g/mol. The first kappa shape index (κ1) is 18.5. The molecule has 1 aliphatic heterocycles. The van der Waals surface area contributed by atoms with Gasteiger partial charge in [-0.25, -0.2) is 4.79 Å². The van der Waals surface area contributed by atoms with Crippen molar-refractivity contribution in [2.45, 2.75) is 25.7 Å². The summed E-state index contributed by atoms with van der Waals surface area (Å²) in [6, 6.07) is 15.0. The summed E-state index contributed by atoms with van der Waals surface area (Å²) in [5.74, 6) is 1.10. The first-order valence-electron chi connectivity index (χ1n) is 9.30. The Morgan fingerprint density at radius 3 is 2.86 bits per heavy atom. The lowest BCUT2D eigenvalue weighted by Crippen LogP contribution is -2.41. The van der Waals surface area contributed by atoms with Gasteiger partial charge in [0.25, 0.3) is 0 Å². The fourth-order valence-electron chi connectivity index (χ4n) is 3.35. The summed E-state index contributed by atoms with van der Waals surface area (Å²) >= 11 is 6.04. The highest BCUT2D eigenvalue weighted by Crippen LogP contribution is 2.28. The third kappa shape index (κ3) is 4.17. The maximum Gasteiger partial charge on any atom is 0.321 e. The molecule has 7 heteroatoms. The van der Waals surface area contributed by atoms with Gasteiger partial charge in [0.1, 0.15) is 0 Å². The number of rotatable bonds is 3. The van der Waals surface area contributed by atoms with Crippen LogP contribution in [0.2, 0.25) is 5.02 Å². The van der Waals surface area contributed by atoms with E-state index in [1.807, 2.05) is 43.3 Å².